The number of imidazole rings is 1. The maximum atomic E-state index is 9.70. The number of aliphatic hydroxyl groups excluding tert-OH is 1. The molecule has 1 N–H and O–H groups in total. The molecule has 0 amide bonds. The largest absolute Gasteiger partial charge is 0.388 e. The van der Waals surface area contributed by atoms with Crippen LogP contribution in [0, 0.1) is 0 Å². The van der Waals surface area contributed by atoms with E-state index in [4.69, 9.17) is 4.74 Å². The van der Waals surface area contributed by atoms with Crippen molar-refractivity contribution in [1.82, 2.24) is 19.5 Å². The highest BCUT2D eigenvalue weighted by molar-refractivity contribution is 5.68. The molecule has 0 aromatic carbocycles. The van der Waals surface area contributed by atoms with Crippen molar-refractivity contribution in [2.45, 2.75) is 18.8 Å². The standard InChI is InChI=1S/C9H10N4O2/c14-7-1-2-15-9(7)13-5-12-6-3-10-4-11-8(6)13/h3-5,7,9,14H,1-2H2. The van der Waals surface area contributed by atoms with E-state index in [-0.39, 0.29) is 6.23 Å². The number of hydrogen-bond donors (Lipinski definition) is 1. The van der Waals surface area contributed by atoms with Crippen molar-refractivity contribution in [2.24, 2.45) is 0 Å². The van der Waals surface area contributed by atoms with Gasteiger partial charge >= 0.3 is 0 Å². The number of fused-ring (bicyclic) bond motifs is 1. The van der Waals surface area contributed by atoms with Crippen molar-refractivity contribution in [3.8, 4) is 0 Å². The minimum absolute atomic E-state index is 0.370. The molecule has 15 heavy (non-hydrogen) atoms. The van der Waals surface area contributed by atoms with E-state index in [1.807, 2.05) is 0 Å². The van der Waals surface area contributed by atoms with Crippen LogP contribution in [-0.4, -0.2) is 37.3 Å². The van der Waals surface area contributed by atoms with Crippen molar-refractivity contribution in [3.05, 3.63) is 18.9 Å². The Hall–Kier alpha value is -1.53. The van der Waals surface area contributed by atoms with Crippen LogP contribution in [0.1, 0.15) is 12.6 Å². The zero-order valence-corrected chi connectivity index (χ0v) is 7.95. The first-order chi connectivity index (χ1) is 7.36. The Labute approximate surface area is 85.6 Å². The molecule has 0 saturated carbocycles. The van der Waals surface area contributed by atoms with E-state index in [2.05, 4.69) is 15.0 Å². The predicted molar refractivity (Wildman–Crippen MR) is 50.9 cm³/mol. The second-order valence-corrected chi connectivity index (χ2v) is 3.50. The summed E-state index contributed by atoms with van der Waals surface area (Å²) >= 11 is 0. The van der Waals surface area contributed by atoms with Crippen LogP contribution in [0.15, 0.2) is 18.9 Å². The molecule has 0 bridgehead atoms. The fourth-order valence-corrected chi connectivity index (χ4v) is 1.80. The maximum absolute atomic E-state index is 9.70. The van der Waals surface area contributed by atoms with Gasteiger partial charge in [-0.05, 0) is 0 Å². The topological polar surface area (TPSA) is 73.1 Å². The van der Waals surface area contributed by atoms with Gasteiger partial charge in [0.05, 0.1) is 19.1 Å². The Morgan fingerprint density at radius 2 is 2.40 bits per heavy atom. The molecule has 2 aromatic rings. The number of nitrogens with zero attached hydrogens (tertiary/aromatic N) is 4. The van der Waals surface area contributed by atoms with Crippen LogP contribution in [0.25, 0.3) is 11.2 Å². The van der Waals surface area contributed by atoms with Crippen molar-refractivity contribution in [2.75, 3.05) is 6.61 Å². The van der Waals surface area contributed by atoms with Crippen LogP contribution >= 0.6 is 0 Å². The first kappa shape index (κ1) is 8.75. The maximum Gasteiger partial charge on any atom is 0.165 e. The Morgan fingerprint density at radius 3 is 3.20 bits per heavy atom. The lowest BCUT2D eigenvalue weighted by Gasteiger charge is -2.15. The second-order valence-electron chi connectivity index (χ2n) is 3.50. The molecule has 6 heteroatoms. The van der Waals surface area contributed by atoms with E-state index >= 15 is 0 Å². The summed E-state index contributed by atoms with van der Waals surface area (Å²) in [6, 6.07) is 0. The Kier molecular flexibility index (Phi) is 1.90. The molecule has 2 aromatic heterocycles. The summed E-state index contributed by atoms with van der Waals surface area (Å²) in [5.74, 6) is 0. The third-order valence-corrected chi connectivity index (χ3v) is 2.54. The fourth-order valence-electron chi connectivity index (χ4n) is 1.80. The SMILES string of the molecule is OC1CCOC1n1cnc2cncnc21. The van der Waals surface area contributed by atoms with Gasteiger partial charge in [0, 0.05) is 6.42 Å². The molecule has 3 rings (SSSR count). The lowest BCUT2D eigenvalue weighted by atomic mass is 10.3. The van der Waals surface area contributed by atoms with Crippen molar-refractivity contribution in [3.63, 3.8) is 0 Å². The van der Waals surface area contributed by atoms with Gasteiger partial charge in [-0.1, -0.05) is 0 Å². The highest BCUT2D eigenvalue weighted by atomic mass is 16.5. The van der Waals surface area contributed by atoms with E-state index in [0.717, 1.165) is 0 Å². The summed E-state index contributed by atoms with van der Waals surface area (Å²) in [6.45, 7) is 0.566. The van der Waals surface area contributed by atoms with Gasteiger partial charge in [0.25, 0.3) is 0 Å². The first-order valence-electron chi connectivity index (χ1n) is 4.78. The molecule has 1 aliphatic rings. The van der Waals surface area contributed by atoms with Gasteiger partial charge in [-0.2, -0.15) is 0 Å². The van der Waals surface area contributed by atoms with Crippen LogP contribution in [0.5, 0.6) is 0 Å². The summed E-state index contributed by atoms with van der Waals surface area (Å²) in [5.41, 5.74) is 1.40. The third-order valence-electron chi connectivity index (χ3n) is 2.54. The van der Waals surface area contributed by atoms with Crippen LogP contribution in [-0.2, 0) is 4.74 Å². The smallest absolute Gasteiger partial charge is 0.165 e. The Morgan fingerprint density at radius 1 is 1.47 bits per heavy atom. The summed E-state index contributed by atoms with van der Waals surface area (Å²) < 4.78 is 7.17. The van der Waals surface area contributed by atoms with E-state index in [1.165, 1.54) is 6.33 Å². The van der Waals surface area contributed by atoms with Gasteiger partial charge in [0.15, 0.2) is 11.9 Å². The molecular weight excluding hydrogens is 196 g/mol. The normalized spacial score (nSPS) is 26.2. The molecule has 1 fully saturated rings. The van der Waals surface area contributed by atoms with Crippen LogP contribution in [0.4, 0.5) is 0 Å². The molecule has 0 radical (unpaired) electrons. The fraction of sp³-hybridized carbons (Fsp3) is 0.444. The molecule has 0 aliphatic carbocycles. The summed E-state index contributed by atoms with van der Waals surface area (Å²) in [7, 11) is 0. The number of rotatable bonds is 1. The zero-order valence-electron chi connectivity index (χ0n) is 7.95. The quantitative estimate of drug-likeness (QED) is 0.716. The highest BCUT2D eigenvalue weighted by Gasteiger charge is 2.29. The second kappa shape index (κ2) is 3.25. The monoisotopic (exact) mass is 206 g/mol. The summed E-state index contributed by atoms with van der Waals surface area (Å²) in [5, 5.41) is 9.70. The zero-order chi connectivity index (χ0) is 10.3. The lowest BCUT2D eigenvalue weighted by molar-refractivity contribution is -0.00628. The van der Waals surface area contributed by atoms with E-state index in [9.17, 15) is 5.11 Å². The Balaban J connectivity index is 2.10. The van der Waals surface area contributed by atoms with Crippen molar-refractivity contribution in [1.29, 1.82) is 0 Å². The number of aromatic nitrogens is 4. The molecular formula is C9H10N4O2. The van der Waals surface area contributed by atoms with Crippen molar-refractivity contribution < 1.29 is 9.84 Å². The van der Waals surface area contributed by atoms with Gasteiger partial charge in [0.1, 0.15) is 17.9 Å². The number of hydrogen-bond acceptors (Lipinski definition) is 5. The molecule has 1 saturated heterocycles. The summed E-state index contributed by atoms with van der Waals surface area (Å²) in [6.07, 6.45) is 4.51. The van der Waals surface area contributed by atoms with E-state index in [0.29, 0.717) is 24.2 Å². The molecule has 78 valence electrons. The highest BCUT2D eigenvalue weighted by Crippen LogP contribution is 2.25. The van der Waals surface area contributed by atoms with Gasteiger partial charge in [0.2, 0.25) is 0 Å². The minimum Gasteiger partial charge on any atom is -0.388 e. The van der Waals surface area contributed by atoms with Crippen molar-refractivity contribution >= 4 is 11.2 Å². The number of aliphatic hydroxyl groups is 1. The van der Waals surface area contributed by atoms with E-state index in [1.54, 1.807) is 17.1 Å². The van der Waals surface area contributed by atoms with Crippen LogP contribution in [0.3, 0.4) is 0 Å². The molecule has 6 nitrogen and oxygen atoms in total. The average Bonchev–Trinajstić information content (AvgIpc) is 2.83. The molecule has 0 spiro atoms. The summed E-state index contributed by atoms with van der Waals surface area (Å²) in [4.78, 5) is 12.1. The minimum atomic E-state index is -0.489. The third kappa shape index (κ3) is 1.30. The molecule has 1 aliphatic heterocycles. The molecule has 2 atom stereocenters. The average molecular weight is 206 g/mol. The van der Waals surface area contributed by atoms with Gasteiger partial charge in [-0.15, -0.1) is 0 Å². The molecule has 3 heterocycles. The Bertz CT molecular complexity index is 484. The predicted octanol–water partition coefficient (Wildman–Crippen LogP) is 0.106. The lowest BCUT2D eigenvalue weighted by Crippen LogP contribution is -2.18. The van der Waals surface area contributed by atoms with Gasteiger partial charge < -0.3 is 9.84 Å². The van der Waals surface area contributed by atoms with E-state index < -0.39 is 6.10 Å². The van der Waals surface area contributed by atoms with Gasteiger partial charge in [-0.3, -0.25) is 4.57 Å². The number of ether oxygens (including phenoxy) is 1. The van der Waals surface area contributed by atoms with Crippen LogP contribution in [0.2, 0.25) is 0 Å². The van der Waals surface area contributed by atoms with Crippen LogP contribution < -0.4 is 0 Å². The molecule has 2 unspecified atom stereocenters. The first-order valence-corrected chi connectivity index (χ1v) is 4.78. The van der Waals surface area contributed by atoms with Gasteiger partial charge in [-0.25, -0.2) is 15.0 Å².